The van der Waals surface area contributed by atoms with Gasteiger partial charge in [-0.15, -0.1) is 0 Å². The second-order valence-electron chi connectivity index (χ2n) is 4.94. The predicted octanol–water partition coefficient (Wildman–Crippen LogP) is 4.06. The van der Waals surface area contributed by atoms with Crippen LogP contribution in [0.4, 0.5) is 4.39 Å². The van der Waals surface area contributed by atoms with Gasteiger partial charge in [0, 0.05) is 29.2 Å². The number of hydrogen-bond acceptors (Lipinski definition) is 3. The van der Waals surface area contributed by atoms with Crippen molar-refractivity contribution in [2.45, 2.75) is 6.92 Å². The number of hydrogen-bond donors (Lipinski definition) is 1. The van der Waals surface area contributed by atoms with Crippen LogP contribution in [0.1, 0.15) is 17.3 Å². The number of aromatic nitrogens is 2. The molecule has 0 unspecified atom stereocenters. The van der Waals surface area contributed by atoms with E-state index < -0.39 is 5.97 Å². The molecule has 3 aromatic rings. The van der Waals surface area contributed by atoms with Crippen molar-refractivity contribution in [2.24, 2.45) is 0 Å². The minimum Gasteiger partial charge on any atom is -0.462 e. The second kappa shape index (κ2) is 6.44. The number of halogens is 1. The third-order valence-electron chi connectivity index (χ3n) is 3.42. The van der Waals surface area contributed by atoms with Gasteiger partial charge in [0.05, 0.1) is 17.9 Å². The normalized spacial score (nSPS) is 10.5. The Morgan fingerprint density at radius 3 is 2.65 bits per heavy atom. The van der Waals surface area contributed by atoms with Crippen LogP contribution in [0.25, 0.3) is 22.5 Å². The van der Waals surface area contributed by atoms with Crippen molar-refractivity contribution in [1.29, 1.82) is 0 Å². The summed E-state index contributed by atoms with van der Waals surface area (Å²) >= 11 is 0. The van der Waals surface area contributed by atoms with Gasteiger partial charge < -0.3 is 9.72 Å². The van der Waals surface area contributed by atoms with E-state index in [2.05, 4.69) is 9.97 Å². The minimum absolute atomic E-state index is 0.275. The first-order valence-electron chi connectivity index (χ1n) is 7.25. The zero-order chi connectivity index (χ0) is 16.2. The molecule has 3 rings (SSSR count). The highest BCUT2D eigenvalue weighted by molar-refractivity contribution is 5.98. The van der Waals surface area contributed by atoms with E-state index in [9.17, 15) is 9.18 Å². The monoisotopic (exact) mass is 310 g/mol. The zero-order valence-electron chi connectivity index (χ0n) is 12.5. The Balaban J connectivity index is 2.13. The Bertz CT molecular complexity index is 828. The molecule has 0 atom stereocenters. The molecule has 0 spiro atoms. The van der Waals surface area contributed by atoms with Gasteiger partial charge in [-0.3, -0.25) is 4.98 Å². The third kappa shape index (κ3) is 3.13. The van der Waals surface area contributed by atoms with Crippen LogP contribution < -0.4 is 0 Å². The Labute approximate surface area is 133 Å². The molecule has 116 valence electrons. The summed E-state index contributed by atoms with van der Waals surface area (Å²) in [6, 6.07) is 11.5. The van der Waals surface area contributed by atoms with Gasteiger partial charge in [-0.25, -0.2) is 9.18 Å². The number of carbonyl (C=O) groups excluding carboxylic acids is 1. The van der Waals surface area contributed by atoms with Gasteiger partial charge in [0.2, 0.25) is 0 Å². The first kappa shape index (κ1) is 15.0. The number of nitrogens with zero attached hydrogens (tertiary/aromatic N) is 1. The highest BCUT2D eigenvalue weighted by atomic mass is 19.1. The maximum Gasteiger partial charge on any atom is 0.340 e. The molecule has 1 N–H and O–H groups in total. The summed E-state index contributed by atoms with van der Waals surface area (Å²) in [7, 11) is 0. The highest BCUT2D eigenvalue weighted by Crippen LogP contribution is 2.29. The standard InChI is InChI=1S/C18H15FN2O2/c1-2-23-18(22)15-11-16(12-6-8-20-9-7-12)21-17(15)13-4-3-5-14(19)10-13/h3-11,21H,2H2,1H3. The molecular formula is C18H15FN2O2. The van der Waals surface area contributed by atoms with Crippen LogP contribution in [-0.2, 0) is 4.74 Å². The predicted molar refractivity (Wildman–Crippen MR) is 85.4 cm³/mol. The quantitative estimate of drug-likeness (QED) is 0.739. The van der Waals surface area contributed by atoms with E-state index >= 15 is 0 Å². The number of ether oxygens (including phenoxy) is 1. The van der Waals surface area contributed by atoms with E-state index in [4.69, 9.17) is 4.74 Å². The summed E-state index contributed by atoms with van der Waals surface area (Å²) < 4.78 is 18.6. The Morgan fingerprint density at radius 1 is 1.17 bits per heavy atom. The summed E-state index contributed by atoms with van der Waals surface area (Å²) in [6.45, 7) is 2.02. The molecule has 0 amide bonds. The topological polar surface area (TPSA) is 55.0 Å². The molecule has 0 radical (unpaired) electrons. The molecule has 4 nitrogen and oxygen atoms in total. The fourth-order valence-corrected chi connectivity index (χ4v) is 2.38. The SMILES string of the molecule is CCOC(=O)c1cc(-c2ccncc2)[nH]c1-c1cccc(F)c1. The molecule has 5 heteroatoms. The zero-order valence-corrected chi connectivity index (χ0v) is 12.5. The van der Waals surface area contributed by atoms with Gasteiger partial charge in [0.15, 0.2) is 0 Å². The number of aromatic amines is 1. The van der Waals surface area contributed by atoms with Gasteiger partial charge >= 0.3 is 5.97 Å². The summed E-state index contributed by atoms with van der Waals surface area (Å²) in [5.74, 6) is -0.805. The van der Waals surface area contributed by atoms with E-state index in [1.54, 1.807) is 37.5 Å². The number of nitrogens with one attached hydrogen (secondary N) is 1. The van der Waals surface area contributed by atoms with Gasteiger partial charge in [0.1, 0.15) is 5.82 Å². The molecule has 0 aliphatic carbocycles. The van der Waals surface area contributed by atoms with Crippen molar-refractivity contribution in [2.75, 3.05) is 6.61 Å². The number of pyridine rings is 1. The molecule has 0 aliphatic rings. The lowest BCUT2D eigenvalue weighted by Crippen LogP contribution is -2.04. The molecule has 0 aliphatic heterocycles. The van der Waals surface area contributed by atoms with Gasteiger partial charge in [-0.2, -0.15) is 0 Å². The fraction of sp³-hybridized carbons (Fsp3) is 0.111. The minimum atomic E-state index is -0.441. The second-order valence-corrected chi connectivity index (χ2v) is 4.94. The lowest BCUT2D eigenvalue weighted by Gasteiger charge is -2.04. The fourth-order valence-electron chi connectivity index (χ4n) is 2.38. The van der Waals surface area contributed by atoms with Crippen LogP contribution >= 0.6 is 0 Å². The molecule has 2 aromatic heterocycles. The van der Waals surface area contributed by atoms with Crippen LogP contribution in [0.3, 0.4) is 0 Å². The maximum atomic E-state index is 13.5. The van der Waals surface area contributed by atoms with Crippen molar-refractivity contribution in [3.05, 3.63) is 66.2 Å². The number of carbonyl (C=O) groups is 1. The summed E-state index contributed by atoms with van der Waals surface area (Å²) in [5.41, 5.74) is 3.13. The number of H-pyrrole nitrogens is 1. The average Bonchev–Trinajstić information content (AvgIpc) is 3.01. The van der Waals surface area contributed by atoms with Crippen LogP contribution in [0.2, 0.25) is 0 Å². The van der Waals surface area contributed by atoms with Crippen LogP contribution in [-0.4, -0.2) is 22.5 Å². The molecular weight excluding hydrogens is 295 g/mol. The maximum absolute atomic E-state index is 13.5. The van der Waals surface area contributed by atoms with Crippen LogP contribution in [0.15, 0.2) is 54.9 Å². The number of esters is 1. The summed E-state index contributed by atoms with van der Waals surface area (Å²) in [6.07, 6.45) is 3.34. The lowest BCUT2D eigenvalue weighted by molar-refractivity contribution is 0.0527. The van der Waals surface area contributed by atoms with Crippen molar-refractivity contribution < 1.29 is 13.9 Å². The number of benzene rings is 1. The number of rotatable bonds is 4. The van der Waals surface area contributed by atoms with E-state index in [-0.39, 0.29) is 12.4 Å². The molecule has 1 aromatic carbocycles. The van der Waals surface area contributed by atoms with Crippen molar-refractivity contribution in [1.82, 2.24) is 9.97 Å². The summed E-state index contributed by atoms with van der Waals surface area (Å²) in [4.78, 5) is 19.4. The Morgan fingerprint density at radius 2 is 1.96 bits per heavy atom. The first-order chi connectivity index (χ1) is 11.2. The Hall–Kier alpha value is -2.95. The van der Waals surface area contributed by atoms with Crippen LogP contribution in [0.5, 0.6) is 0 Å². The molecule has 0 saturated heterocycles. The van der Waals surface area contributed by atoms with Crippen molar-refractivity contribution in [3.63, 3.8) is 0 Å². The van der Waals surface area contributed by atoms with Crippen LogP contribution in [0, 0.1) is 5.82 Å². The molecule has 0 bridgehead atoms. The average molecular weight is 310 g/mol. The smallest absolute Gasteiger partial charge is 0.340 e. The molecule has 0 saturated carbocycles. The van der Waals surface area contributed by atoms with Gasteiger partial charge in [-0.05, 0) is 37.3 Å². The van der Waals surface area contributed by atoms with E-state index in [1.165, 1.54) is 12.1 Å². The Kier molecular flexibility index (Phi) is 4.19. The third-order valence-corrected chi connectivity index (χ3v) is 3.42. The first-order valence-corrected chi connectivity index (χ1v) is 7.25. The van der Waals surface area contributed by atoms with Crippen molar-refractivity contribution >= 4 is 5.97 Å². The molecule has 0 fully saturated rings. The van der Waals surface area contributed by atoms with Crippen molar-refractivity contribution in [3.8, 4) is 22.5 Å². The molecule has 23 heavy (non-hydrogen) atoms. The molecule has 2 heterocycles. The summed E-state index contributed by atoms with van der Waals surface area (Å²) in [5, 5.41) is 0. The largest absolute Gasteiger partial charge is 0.462 e. The van der Waals surface area contributed by atoms with E-state index in [1.807, 2.05) is 12.1 Å². The highest BCUT2D eigenvalue weighted by Gasteiger charge is 2.19. The van der Waals surface area contributed by atoms with E-state index in [0.29, 0.717) is 16.8 Å². The van der Waals surface area contributed by atoms with E-state index in [0.717, 1.165) is 11.3 Å². The van der Waals surface area contributed by atoms with Gasteiger partial charge in [-0.1, -0.05) is 12.1 Å². The lowest BCUT2D eigenvalue weighted by atomic mass is 10.1. The van der Waals surface area contributed by atoms with Gasteiger partial charge in [0.25, 0.3) is 0 Å².